The first-order valence-electron chi connectivity index (χ1n) is 5.52. The Morgan fingerprint density at radius 3 is 2.56 bits per heavy atom. The van der Waals surface area contributed by atoms with E-state index in [0.717, 1.165) is 30.6 Å². The van der Waals surface area contributed by atoms with Crippen molar-refractivity contribution in [2.75, 3.05) is 12.0 Å². The van der Waals surface area contributed by atoms with Gasteiger partial charge in [-0.1, -0.05) is 36.8 Å². The van der Waals surface area contributed by atoms with Gasteiger partial charge in [-0.15, -0.1) is 0 Å². The molecule has 1 N–H and O–H groups in total. The first-order valence-corrected chi connectivity index (χ1v) is 6.91. The van der Waals surface area contributed by atoms with Crippen LogP contribution in [0.2, 0.25) is 0 Å². The van der Waals surface area contributed by atoms with Crippen LogP contribution in [0.1, 0.15) is 30.7 Å². The first kappa shape index (κ1) is 13.1. The molecule has 1 atom stereocenters. The second-order valence-corrected chi connectivity index (χ2v) is 4.78. The number of carboxylic acids is 1. The fraction of sp³-hybridized carbons (Fsp3) is 0.462. The minimum atomic E-state index is -0.713. The molecule has 1 aromatic rings. The van der Waals surface area contributed by atoms with Gasteiger partial charge in [0.15, 0.2) is 0 Å². The van der Waals surface area contributed by atoms with Gasteiger partial charge in [0, 0.05) is 0 Å². The molecule has 0 aliphatic heterocycles. The monoisotopic (exact) mass is 238 g/mol. The molecule has 0 saturated carbocycles. The van der Waals surface area contributed by atoms with Crippen LogP contribution < -0.4 is 0 Å². The van der Waals surface area contributed by atoms with Crippen LogP contribution in [0.4, 0.5) is 0 Å². The number of carbonyl (C=O) groups is 1. The number of hydrogen-bond acceptors (Lipinski definition) is 2. The van der Waals surface area contributed by atoms with Crippen LogP contribution in [0.3, 0.4) is 0 Å². The summed E-state index contributed by atoms with van der Waals surface area (Å²) in [5.41, 5.74) is 0.916. The van der Waals surface area contributed by atoms with Gasteiger partial charge in [0.2, 0.25) is 0 Å². The Morgan fingerprint density at radius 1 is 1.31 bits per heavy atom. The summed E-state index contributed by atoms with van der Waals surface area (Å²) in [4.78, 5) is 11.2. The van der Waals surface area contributed by atoms with E-state index in [4.69, 9.17) is 0 Å². The van der Waals surface area contributed by atoms with E-state index in [0.29, 0.717) is 0 Å². The van der Waals surface area contributed by atoms with E-state index in [1.54, 1.807) is 0 Å². The molecule has 0 aromatic heterocycles. The number of hydrogen-bond donors (Lipinski definition) is 1. The lowest BCUT2D eigenvalue weighted by Gasteiger charge is -2.12. The highest BCUT2D eigenvalue weighted by atomic mass is 32.2. The highest BCUT2D eigenvalue weighted by Gasteiger charge is 2.18. The molecule has 0 saturated heterocycles. The van der Waals surface area contributed by atoms with Crippen LogP contribution in [0.5, 0.6) is 0 Å². The Kier molecular flexibility index (Phi) is 6.01. The van der Waals surface area contributed by atoms with Gasteiger partial charge >= 0.3 is 5.97 Å². The fourth-order valence-electron chi connectivity index (χ4n) is 1.71. The summed E-state index contributed by atoms with van der Waals surface area (Å²) in [7, 11) is 0. The maximum atomic E-state index is 11.2. The van der Waals surface area contributed by atoms with Crippen LogP contribution in [-0.4, -0.2) is 23.1 Å². The smallest absolute Gasteiger partial charge is 0.310 e. The number of carboxylic acid groups (broad SMARTS) is 1. The van der Waals surface area contributed by atoms with Crippen molar-refractivity contribution in [2.45, 2.75) is 25.2 Å². The lowest BCUT2D eigenvalue weighted by molar-refractivity contribution is -0.139. The van der Waals surface area contributed by atoms with Crippen molar-refractivity contribution < 1.29 is 9.90 Å². The third kappa shape index (κ3) is 4.27. The number of thioether (sulfide) groups is 1. The summed E-state index contributed by atoms with van der Waals surface area (Å²) in [6.45, 7) is 0. The number of rotatable bonds is 7. The van der Waals surface area contributed by atoms with E-state index in [9.17, 15) is 9.90 Å². The van der Waals surface area contributed by atoms with E-state index < -0.39 is 5.97 Å². The average molecular weight is 238 g/mol. The molecule has 88 valence electrons. The predicted molar refractivity (Wildman–Crippen MR) is 69.1 cm³/mol. The first-order chi connectivity index (χ1) is 7.75. The number of unbranched alkanes of at least 4 members (excludes halogenated alkanes) is 1. The zero-order valence-electron chi connectivity index (χ0n) is 9.56. The predicted octanol–water partition coefficient (Wildman–Crippen LogP) is 3.39. The summed E-state index contributed by atoms with van der Waals surface area (Å²) in [5, 5.41) is 9.18. The van der Waals surface area contributed by atoms with Crippen LogP contribution in [0, 0.1) is 0 Å². The zero-order chi connectivity index (χ0) is 11.8. The van der Waals surface area contributed by atoms with Crippen molar-refractivity contribution >= 4 is 17.7 Å². The van der Waals surface area contributed by atoms with Gasteiger partial charge < -0.3 is 5.11 Å². The van der Waals surface area contributed by atoms with Crippen molar-refractivity contribution in [2.24, 2.45) is 0 Å². The summed E-state index contributed by atoms with van der Waals surface area (Å²) < 4.78 is 0. The molecular formula is C13H18O2S. The molecule has 1 rings (SSSR count). The van der Waals surface area contributed by atoms with Crippen molar-refractivity contribution in [1.82, 2.24) is 0 Å². The lowest BCUT2D eigenvalue weighted by Crippen LogP contribution is -2.11. The van der Waals surface area contributed by atoms with Gasteiger partial charge in [0.05, 0.1) is 5.92 Å². The third-order valence-electron chi connectivity index (χ3n) is 2.59. The van der Waals surface area contributed by atoms with E-state index in [1.807, 2.05) is 42.1 Å². The Morgan fingerprint density at radius 2 is 2.00 bits per heavy atom. The Labute approximate surface area is 101 Å². The van der Waals surface area contributed by atoms with Gasteiger partial charge in [-0.3, -0.25) is 4.79 Å². The molecule has 0 heterocycles. The van der Waals surface area contributed by atoms with Crippen molar-refractivity contribution in [3.63, 3.8) is 0 Å². The van der Waals surface area contributed by atoms with Gasteiger partial charge in [-0.05, 0) is 30.4 Å². The van der Waals surface area contributed by atoms with E-state index in [-0.39, 0.29) is 5.92 Å². The summed E-state index contributed by atoms with van der Waals surface area (Å²) >= 11 is 1.81. The zero-order valence-corrected chi connectivity index (χ0v) is 10.4. The molecule has 0 amide bonds. The SMILES string of the molecule is CSCCCCC(C(=O)O)c1ccccc1. The molecule has 0 radical (unpaired) electrons. The van der Waals surface area contributed by atoms with Gasteiger partial charge in [-0.2, -0.15) is 11.8 Å². The standard InChI is InChI=1S/C13H18O2S/c1-16-10-6-5-9-12(13(14)15)11-7-3-2-4-8-11/h2-4,7-8,12H,5-6,9-10H2,1H3,(H,14,15). The highest BCUT2D eigenvalue weighted by molar-refractivity contribution is 7.98. The molecule has 3 heteroatoms. The Hall–Kier alpha value is -0.960. The molecule has 0 aliphatic rings. The quantitative estimate of drug-likeness (QED) is 0.740. The van der Waals surface area contributed by atoms with E-state index >= 15 is 0 Å². The third-order valence-corrected chi connectivity index (χ3v) is 3.29. The van der Waals surface area contributed by atoms with Gasteiger partial charge in [-0.25, -0.2) is 0 Å². The largest absolute Gasteiger partial charge is 0.481 e. The molecule has 16 heavy (non-hydrogen) atoms. The Bertz CT molecular complexity index is 311. The second-order valence-electron chi connectivity index (χ2n) is 3.79. The summed E-state index contributed by atoms with van der Waals surface area (Å²) in [5.74, 6) is 0.0552. The highest BCUT2D eigenvalue weighted by Crippen LogP contribution is 2.22. The molecule has 0 aliphatic carbocycles. The maximum Gasteiger partial charge on any atom is 0.310 e. The van der Waals surface area contributed by atoms with Crippen LogP contribution in [-0.2, 0) is 4.79 Å². The van der Waals surface area contributed by atoms with Crippen LogP contribution in [0.15, 0.2) is 30.3 Å². The maximum absolute atomic E-state index is 11.2. The minimum absolute atomic E-state index is 0.344. The molecule has 1 unspecified atom stereocenters. The fourth-order valence-corrected chi connectivity index (χ4v) is 2.21. The normalized spacial score (nSPS) is 12.3. The molecule has 1 aromatic carbocycles. The molecular weight excluding hydrogens is 220 g/mol. The second kappa shape index (κ2) is 7.34. The summed E-state index contributed by atoms with van der Waals surface area (Å²) in [6, 6.07) is 9.50. The molecule has 0 bridgehead atoms. The molecule has 2 nitrogen and oxygen atoms in total. The Balaban J connectivity index is 2.52. The lowest BCUT2D eigenvalue weighted by atomic mass is 9.94. The number of benzene rings is 1. The average Bonchev–Trinajstić information content (AvgIpc) is 2.30. The van der Waals surface area contributed by atoms with E-state index in [2.05, 4.69) is 6.26 Å². The van der Waals surface area contributed by atoms with Gasteiger partial charge in [0.25, 0.3) is 0 Å². The van der Waals surface area contributed by atoms with E-state index in [1.165, 1.54) is 0 Å². The molecule has 0 spiro atoms. The topological polar surface area (TPSA) is 37.3 Å². The minimum Gasteiger partial charge on any atom is -0.481 e. The van der Waals surface area contributed by atoms with Crippen molar-refractivity contribution in [1.29, 1.82) is 0 Å². The summed E-state index contributed by atoms with van der Waals surface area (Å²) in [6.07, 6.45) is 4.89. The molecule has 0 fully saturated rings. The van der Waals surface area contributed by atoms with Crippen LogP contribution >= 0.6 is 11.8 Å². The van der Waals surface area contributed by atoms with Crippen molar-refractivity contribution in [3.8, 4) is 0 Å². The number of aliphatic carboxylic acids is 1. The van der Waals surface area contributed by atoms with Crippen molar-refractivity contribution in [3.05, 3.63) is 35.9 Å². The van der Waals surface area contributed by atoms with Crippen LogP contribution in [0.25, 0.3) is 0 Å². The van der Waals surface area contributed by atoms with Gasteiger partial charge in [0.1, 0.15) is 0 Å².